The summed E-state index contributed by atoms with van der Waals surface area (Å²) in [5, 5.41) is 3.11. The van der Waals surface area contributed by atoms with Crippen LogP contribution in [0.3, 0.4) is 0 Å². The summed E-state index contributed by atoms with van der Waals surface area (Å²) in [4.78, 5) is 26.3. The van der Waals surface area contributed by atoms with E-state index in [0.29, 0.717) is 30.6 Å². The Hall–Kier alpha value is -2.80. The normalized spacial score (nSPS) is 15.3. The molecule has 2 heterocycles. The predicted molar refractivity (Wildman–Crippen MR) is 128 cm³/mol. The van der Waals surface area contributed by atoms with Crippen LogP contribution in [0, 0.1) is 12.8 Å². The van der Waals surface area contributed by atoms with Crippen LogP contribution in [0.5, 0.6) is 0 Å². The smallest absolute Gasteiger partial charge is 0.293 e. The molecule has 1 atom stereocenters. The van der Waals surface area contributed by atoms with Crippen LogP contribution >= 0.6 is 0 Å². The number of amides is 1. The SMILES string of the molecule is CCC(OC=O)c1ccc(N(CC(C)C)C2CCOCC2)c(NC(=O)Cc2cc(C)co2)c1. The summed E-state index contributed by atoms with van der Waals surface area (Å²) in [7, 11) is 0. The van der Waals surface area contributed by atoms with E-state index < -0.39 is 0 Å². The van der Waals surface area contributed by atoms with Crippen LogP contribution < -0.4 is 10.2 Å². The molecule has 7 nitrogen and oxygen atoms in total. The van der Waals surface area contributed by atoms with E-state index in [1.54, 1.807) is 6.26 Å². The number of nitrogens with one attached hydrogen (secondary N) is 1. The Kier molecular flexibility index (Phi) is 8.95. The molecule has 1 fully saturated rings. The third-order valence-corrected chi connectivity index (χ3v) is 5.88. The van der Waals surface area contributed by atoms with Crippen molar-refractivity contribution in [2.45, 2.75) is 65.5 Å². The van der Waals surface area contributed by atoms with E-state index in [1.807, 2.05) is 38.1 Å². The van der Waals surface area contributed by atoms with Gasteiger partial charge in [0.1, 0.15) is 11.9 Å². The lowest BCUT2D eigenvalue weighted by Gasteiger charge is -2.38. The molecule has 2 aromatic rings. The molecule has 0 radical (unpaired) electrons. The number of nitrogens with zero attached hydrogens (tertiary/aromatic N) is 1. The summed E-state index contributed by atoms with van der Waals surface area (Å²) >= 11 is 0. The molecular weight excluding hydrogens is 420 g/mol. The number of ether oxygens (including phenoxy) is 2. The van der Waals surface area contributed by atoms with Gasteiger partial charge in [-0.05, 0) is 61.4 Å². The van der Waals surface area contributed by atoms with Gasteiger partial charge in [0.25, 0.3) is 6.47 Å². The third-order valence-electron chi connectivity index (χ3n) is 5.88. The molecule has 0 aliphatic carbocycles. The topological polar surface area (TPSA) is 81.0 Å². The first-order valence-corrected chi connectivity index (χ1v) is 11.8. The lowest BCUT2D eigenvalue weighted by molar-refractivity contribution is -0.134. The number of furan rings is 1. The number of benzene rings is 1. The Bertz CT molecular complexity index is 917. The highest BCUT2D eigenvalue weighted by Gasteiger charge is 2.26. The average Bonchev–Trinajstić information content (AvgIpc) is 3.20. The van der Waals surface area contributed by atoms with Gasteiger partial charge in [-0.15, -0.1) is 0 Å². The van der Waals surface area contributed by atoms with Gasteiger partial charge in [0.2, 0.25) is 5.91 Å². The summed E-state index contributed by atoms with van der Waals surface area (Å²) in [6, 6.07) is 8.17. The third kappa shape index (κ3) is 6.84. The largest absolute Gasteiger partial charge is 0.469 e. The minimum Gasteiger partial charge on any atom is -0.469 e. The second-order valence-electron chi connectivity index (χ2n) is 9.11. The van der Waals surface area contributed by atoms with Crippen molar-refractivity contribution in [3.05, 3.63) is 47.4 Å². The van der Waals surface area contributed by atoms with Crippen LogP contribution in [0.25, 0.3) is 0 Å². The molecule has 1 saturated heterocycles. The molecule has 1 amide bonds. The Morgan fingerprint density at radius 1 is 1.27 bits per heavy atom. The summed E-state index contributed by atoms with van der Waals surface area (Å²) in [6.07, 6.45) is 3.97. The zero-order valence-corrected chi connectivity index (χ0v) is 20.1. The number of hydrogen-bond donors (Lipinski definition) is 1. The molecule has 1 aliphatic rings. The zero-order chi connectivity index (χ0) is 23.8. The van der Waals surface area contributed by atoms with Gasteiger partial charge >= 0.3 is 0 Å². The fourth-order valence-corrected chi connectivity index (χ4v) is 4.35. The van der Waals surface area contributed by atoms with Crippen LogP contribution in [-0.2, 0) is 25.5 Å². The highest BCUT2D eigenvalue weighted by atomic mass is 16.5. The van der Waals surface area contributed by atoms with Gasteiger partial charge in [-0.2, -0.15) is 0 Å². The van der Waals surface area contributed by atoms with Crippen molar-refractivity contribution in [2.75, 3.05) is 30.0 Å². The summed E-state index contributed by atoms with van der Waals surface area (Å²) in [6.45, 7) is 11.1. The Morgan fingerprint density at radius 3 is 2.64 bits per heavy atom. The molecular formula is C26H36N2O5. The van der Waals surface area contributed by atoms with Crippen molar-refractivity contribution < 1.29 is 23.5 Å². The van der Waals surface area contributed by atoms with Gasteiger partial charge in [-0.1, -0.05) is 26.8 Å². The predicted octanol–water partition coefficient (Wildman–Crippen LogP) is 5.03. The van der Waals surface area contributed by atoms with Gasteiger partial charge in [0, 0.05) is 25.8 Å². The van der Waals surface area contributed by atoms with E-state index in [4.69, 9.17) is 13.9 Å². The van der Waals surface area contributed by atoms with E-state index in [-0.39, 0.29) is 18.4 Å². The molecule has 1 N–H and O–H groups in total. The van der Waals surface area contributed by atoms with Crippen molar-refractivity contribution in [1.29, 1.82) is 0 Å². The number of rotatable bonds is 11. The first kappa shape index (κ1) is 24.8. The van der Waals surface area contributed by atoms with Crippen LogP contribution in [0.4, 0.5) is 11.4 Å². The summed E-state index contributed by atoms with van der Waals surface area (Å²) in [5.41, 5.74) is 3.54. The van der Waals surface area contributed by atoms with Gasteiger partial charge in [0.15, 0.2) is 0 Å². The maximum absolute atomic E-state index is 12.9. The molecule has 1 aliphatic heterocycles. The van der Waals surface area contributed by atoms with Gasteiger partial charge in [0.05, 0.1) is 24.1 Å². The fourth-order valence-electron chi connectivity index (χ4n) is 4.35. The molecule has 3 rings (SSSR count). The zero-order valence-electron chi connectivity index (χ0n) is 20.1. The number of anilines is 2. The van der Waals surface area contributed by atoms with E-state index in [1.165, 1.54) is 0 Å². The summed E-state index contributed by atoms with van der Waals surface area (Å²) in [5.74, 6) is 0.925. The molecule has 1 aromatic heterocycles. The van der Waals surface area contributed by atoms with Crippen molar-refractivity contribution in [3.63, 3.8) is 0 Å². The van der Waals surface area contributed by atoms with Crippen molar-refractivity contribution in [2.24, 2.45) is 5.92 Å². The van der Waals surface area contributed by atoms with Crippen LogP contribution in [0.15, 0.2) is 34.9 Å². The van der Waals surface area contributed by atoms with Crippen LogP contribution in [-0.4, -0.2) is 38.2 Å². The van der Waals surface area contributed by atoms with Crippen molar-refractivity contribution in [1.82, 2.24) is 0 Å². The molecule has 0 bridgehead atoms. The minimum atomic E-state index is -0.360. The van der Waals surface area contributed by atoms with Gasteiger partial charge in [-0.3, -0.25) is 9.59 Å². The molecule has 1 unspecified atom stereocenters. The molecule has 7 heteroatoms. The maximum Gasteiger partial charge on any atom is 0.293 e. The Morgan fingerprint density at radius 2 is 2.03 bits per heavy atom. The molecule has 180 valence electrons. The van der Waals surface area contributed by atoms with Crippen molar-refractivity contribution >= 4 is 23.8 Å². The second-order valence-corrected chi connectivity index (χ2v) is 9.11. The van der Waals surface area contributed by atoms with E-state index >= 15 is 0 Å². The molecule has 0 saturated carbocycles. The van der Waals surface area contributed by atoms with E-state index in [9.17, 15) is 9.59 Å². The van der Waals surface area contributed by atoms with E-state index in [0.717, 1.165) is 55.1 Å². The lowest BCUT2D eigenvalue weighted by atomic mass is 10.0. The number of carbonyl (C=O) groups excluding carboxylic acids is 2. The average molecular weight is 457 g/mol. The first-order chi connectivity index (χ1) is 15.9. The number of hydrogen-bond acceptors (Lipinski definition) is 6. The Labute approximate surface area is 196 Å². The second kappa shape index (κ2) is 11.9. The lowest BCUT2D eigenvalue weighted by Crippen LogP contribution is -2.42. The monoisotopic (exact) mass is 456 g/mol. The molecule has 1 aromatic carbocycles. The van der Waals surface area contributed by atoms with Gasteiger partial charge < -0.3 is 24.1 Å². The van der Waals surface area contributed by atoms with E-state index in [2.05, 4.69) is 24.1 Å². The standard InChI is InChI=1S/C26H36N2O5/c1-5-25(33-17-29)20-6-7-24(28(15-18(2)3)21-8-10-31-11-9-21)23(13-20)27-26(30)14-22-12-19(4)16-32-22/h6-7,12-13,16-18,21,25H,5,8-11,14-15H2,1-4H3,(H,27,30). The highest BCUT2D eigenvalue weighted by Crippen LogP contribution is 2.35. The highest BCUT2D eigenvalue weighted by molar-refractivity contribution is 5.95. The summed E-state index contributed by atoms with van der Waals surface area (Å²) < 4.78 is 16.3. The number of carbonyl (C=O) groups is 2. The van der Waals surface area contributed by atoms with Crippen molar-refractivity contribution in [3.8, 4) is 0 Å². The number of aryl methyl sites for hydroxylation is 1. The quantitative estimate of drug-likeness (QED) is 0.478. The first-order valence-electron chi connectivity index (χ1n) is 11.8. The maximum atomic E-state index is 12.9. The fraction of sp³-hybridized carbons (Fsp3) is 0.538. The van der Waals surface area contributed by atoms with Crippen LogP contribution in [0.1, 0.15) is 63.0 Å². The Balaban J connectivity index is 1.95. The minimum absolute atomic E-state index is 0.149. The van der Waals surface area contributed by atoms with Crippen LogP contribution in [0.2, 0.25) is 0 Å². The van der Waals surface area contributed by atoms with Gasteiger partial charge in [-0.25, -0.2) is 0 Å². The molecule has 0 spiro atoms. The molecule has 33 heavy (non-hydrogen) atoms.